The predicted octanol–water partition coefficient (Wildman–Crippen LogP) is 6.75. The van der Waals surface area contributed by atoms with Gasteiger partial charge in [-0.15, -0.1) is 11.3 Å². The number of nitrogens with one attached hydrogen (secondary N) is 2. The lowest BCUT2D eigenvalue weighted by atomic mass is 9.44. The van der Waals surface area contributed by atoms with E-state index in [2.05, 4.69) is 59.2 Å². The molecule has 5 heterocycles. The fourth-order valence-electron chi connectivity index (χ4n) is 12.0. The number of aryl methyl sites for hydroxylation is 1. The zero-order valence-corrected chi connectivity index (χ0v) is 44.6. The number of amides is 3. The molecule has 3 saturated heterocycles. The van der Waals surface area contributed by atoms with E-state index in [1.807, 2.05) is 64.1 Å². The van der Waals surface area contributed by atoms with E-state index >= 15 is 0 Å². The number of carbonyl (C=O) groups is 4. The minimum atomic E-state index is -1.01. The third-order valence-electron chi connectivity index (χ3n) is 15.7. The number of nitriles is 1. The van der Waals surface area contributed by atoms with Crippen molar-refractivity contribution in [1.29, 1.82) is 5.26 Å². The number of anilines is 1. The van der Waals surface area contributed by atoms with E-state index in [4.69, 9.17) is 26.1 Å². The van der Waals surface area contributed by atoms with Gasteiger partial charge in [-0.3, -0.25) is 24.1 Å². The number of hydrogen-bond donors (Lipinski definition) is 4. The van der Waals surface area contributed by atoms with E-state index in [0.717, 1.165) is 47.9 Å². The molecule has 1 aliphatic carbocycles. The smallest absolute Gasteiger partial charge is 0.246 e. The summed E-state index contributed by atoms with van der Waals surface area (Å²) in [6.45, 7) is 17.7. The Morgan fingerprint density at radius 2 is 1.67 bits per heavy atom. The molecule has 0 spiro atoms. The Bertz CT molecular complexity index is 2670. The van der Waals surface area contributed by atoms with E-state index in [0.29, 0.717) is 47.0 Å². The van der Waals surface area contributed by atoms with Gasteiger partial charge in [-0.1, -0.05) is 84.3 Å². The summed E-state index contributed by atoms with van der Waals surface area (Å²) >= 11 is 7.82. The largest absolute Gasteiger partial charge is 0.489 e. The fourth-order valence-corrected chi connectivity index (χ4v) is 13.0. The minimum Gasteiger partial charge on any atom is -0.489 e. The second-order valence-corrected chi connectivity index (χ2v) is 23.7. The number of aliphatic hydroxyl groups is 2. The molecule has 390 valence electrons. The van der Waals surface area contributed by atoms with Crippen LogP contribution in [0.2, 0.25) is 5.02 Å². The molecule has 4 aliphatic rings. The summed E-state index contributed by atoms with van der Waals surface area (Å²) in [7, 11) is 0. The van der Waals surface area contributed by atoms with E-state index < -0.39 is 47.4 Å². The molecule has 73 heavy (non-hydrogen) atoms. The summed E-state index contributed by atoms with van der Waals surface area (Å²) in [6.07, 6.45) is 3.02. The van der Waals surface area contributed by atoms with Crippen molar-refractivity contribution in [2.24, 2.45) is 22.2 Å². The highest BCUT2D eigenvalue weighted by atomic mass is 35.5. The number of aromatic nitrogens is 2. The summed E-state index contributed by atoms with van der Waals surface area (Å²) in [4.78, 5) is 71.3. The Hall–Kier alpha value is -5.48. The number of ketones is 1. The number of piperazine rings is 1. The molecule has 3 aliphatic heterocycles. The van der Waals surface area contributed by atoms with Crippen molar-refractivity contribution in [1.82, 2.24) is 30.4 Å². The van der Waals surface area contributed by atoms with Crippen molar-refractivity contribution in [3.63, 3.8) is 0 Å². The summed E-state index contributed by atoms with van der Waals surface area (Å²) in [6, 6.07) is 16.3. The molecule has 4 aromatic rings. The van der Waals surface area contributed by atoms with Crippen LogP contribution in [-0.4, -0.2) is 136 Å². The SMILES string of the molecule is Cc1ncsc1-c1ccc([C@H](CO)NC(=O)[C@@H]2C[C@@H](O)CN2C(=O)[C@@H](NC(=O)COCCN2C3CCC2CN(c2ccc(C(=O)CC4C(C)(C)C(Oc5ccc(C#N)c(Cl)c5)C4(C)C)cn2)C3)C(C)(C)C)cc1. The third-order valence-corrected chi connectivity index (χ3v) is 17.0. The molecule has 16 nitrogen and oxygen atoms in total. The van der Waals surface area contributed by atoms with Gasteiger partial charge in [0.25, 0.3) is 0 Å². The number of halogens is 1. The second kappa shape index (κ2) is 21.8. The van der Waals surface area contributed by atoms with Gasteiger partial charge in [-0.05, 0) is 66.5 Å². The maximum absolute atomic E-state index is 14.2. The number of nitrogens with zero attached hydrogens (tertiary/aromatic N) is 6. The fraction of sp³-hybridized carbons (Fsp3) is 0.545. The van der Waals surface area contributed by atoms with Crippen LogP contribution in [0.5, 0.6) is 5.75 Å². The van der Waals surface area contributed by atoms with Crippen LogP contribution in [0.1, 0.15) is 107 Å². The lowest BCUT2D eigenvalue weighted by Gasteiger charge is -2.63. The number of likely N-dealkylation sites (tertiary alicyclic amines) is 1. The van der Waals surface area contributed by atoms with Crippen LogP contribution >= 0.6 is 22.9 Å². The molecule has 4 fully saturated rings. The summed E-state index contributed by atoms with van der Waals surface area (Å²) in [5.74, 6) is 0.0791. The first-order valence-electron chi connectivity index (χ1n) is 25.2. The van der Waals surface area contributed by atoms with Gasteiger partial charge in [0.15, 0.2) is 5.78 Å². The first-order chi connectivity index (χ1) is 34.6. The van der Waals surface area contributed by atoms with Crippen LogP contribution in [0, 0.1) is 40.4 Å². The molecule has 2 bridgehead atoms. The zero-order valence-electron chi connectivity index (χ0n) is 43.1. The molecule has 1 saturated carbocycles. The third kappa shape index (κ3) is 11.4. The van der Waals surface area contributed by atoms with Crippen LogP contribution in [0.15, 0.2) is 66.3 Å². The van der Waals surface area contributed by atoms with Crippen LogP contribution in [0.4, 0.5) is 5.82 Å². The van der Waals surface area contributed by atoms with Crippen molar-refractivity contribution in [2.45, 2.75) is 123 Å². The molecule has 18 heteroatoms. The van der Waals surface area contributed by atoms with E-state index in [1.54, 1.807) is 29.9 Å². The number of hydrogen-bond acceptors (Lipinski definition) is 14. The number of β-amino-alcohol motifs (C(OH)–C–C–N with tert-alkyl or cyclic N) is 1. The summed E-state index contributed by atoms with van der Waals surface area (Å²) in [5.41, 5.74) is 4.01. The molecule has 6 atom stereocenters. The van der Waals surface area contributed by atoms with Crippen molar-refractivity contribution in [3.05, 3.63) is 93.7 Å². The zero-order chi connectivity index (χ0) is 52.6. The molecular formula is C55H69ClN8O8S. The highest BCUT2D eigenvalue weighted by molar-refractivity contribution is 7.13. The Morgan fingerprint density at radius 1 is 0.973 bits per heavy atom. The topological polar surface area (TPSA) is 211 Å². The van der Waals surface area contributed by atoms with Gasteiger partial charge in [0.2, 0.25) is 17.7 Å². The average Bonchev–Trinajstić information content (AvgIpc) is 4.04. The number of ether oxygens (including phenoxy) is 2. The van der Waals surface area contributed by atoms with Gasteiger partial charge in [0, 0.05) is 79.8 Å². The average molecular weight is 1040 g/mol. The molecule has 4 N–H and O–H groups in total. The van der Waals surface area contributed by atoms with E-state index in [9.17, 15) is 34.7 Å². The van der Waals surface area contributed by atoms with Crippen molar-refractivity contribution in [2.75, 3.05) is 50.9 Å². The van der Waals surface area contributed by atoms with Gasteiger partial charge in [-0.2, -0.15) is 5.26 Å². The highest BCUT2D eigenvalue weighted by Crippen LogP contribution is 2.62. The van der Waals surface area contributed by atoms with Gasteiger partial charge in [0.1, 0.15) is 42.4 Å². The van der Waals surface area contributed by atoms with Crippen molar-refractivity contribution >= 4 is 52.3 Å². The lowest BCUT2D eigenvalue weighted by Crippen LogP contribution is -2.66. The summed E-state index contributed by atoms with van der Waals surface area (Å²) in [5, 5.41) is 36.4. The number of rotatable bonds is 18. The predicted molar refractivity (Wildman–Crippen MR) is 279 cm³/mol. The lowest BCUT2D eigenvalue weighted by molar-refractivity contribution is -0.196. The standard InChI is InChI=1S/C55H69ClN8O8S/c1-32-48(73-31-59-32)34-11-9-33(10-12-34)42(29-65)60-50(69)43-21-39(66)28-64(43)51(70)49(53(2,3)4)61-47(68)30-71-20-19-63-37-15-16-38(63)27-62(26-37)46-18-14-36(25-58-46)44(67)23-45-54(5,6)52(55(45,7)8)72-40-17-13-35(24-57)41(56)22-40/h9-14,17-18,22,25,31,37-39,42-43,45,49,52,65-66H,15-16,19-21,23,26-30H2,1-8H3,(H,60,69)(H,61,68)/t37?,38?,39-,42+,43+,45?,49-,52?/m1/s1. The van der Waals surface area contributed by atoms with Crippen LogP contribution in [0.25, 0.3) is 10.4 Å². The molecule has 2 unspecified atom stereocenters. The maximum Gasteiger partial charge on any atom is 0.246 e. The maximum atomic E-state index is 14.2. The minimum absolute atomic E-state index is 0.0183. The van der Waals surface area contributed by atoms with Gasteiger partial charge in [-0.25, -0.2) is 9.97 Å². The van der Waals surface area contributed by atoms with Gasteiger partial charge >= 0.3 is 0 Å². The molecule has 2 aromatic heterocycles. The number of fused-ring (bicyclic) bond motifs is 2. The Kier molecular flexibility index (Phi) is 16.0. The first-order valence-corrected chi connectivity index (χ1v) is 26.5. The molecular weight excluding hydrogens is 968 g/mol. The molecule has 0 radical (unpaired) electrons. The van der Waals surface area contributed by atoms with E-state index in [-0.39, 0.29) is 66.9 Å². The number of Topliss-reactive ketones (excluding diaryl/α,β-unsaturated/α-hetero) is 1. The number of benzene rings is 2. The number of thiazole rings is 1. The first kappa shape index (κ1) is 53.8. The van der Waals surface area contributed by atoms with E-state index in [1.165, 1.54) is 16.2 Å². The monoisotopic (exact) mass is 1040 g/mol. The van der Waals surface area contributed by atoms with Crippen LogP contribution < -0.4 is 20.3 Å². The number of pyridine rings is 1. The van der Waals surface area contributed by atoms with Gasteiger partial charge < -0.3 is 40.1 Å². The Balaban J connectivity index is 0.792. The van der Waals surface area contributed by atoms with Crippen LogP contribution in [0.3, 0.4) is 0 Å². The number of aliphatic hydroxyl groups excluding tert-OH is 2. The Morgan fingerprint density at radius 3 is 2.26 bits per heavy atom. The quantitative estimate of drug-likeness (QED) is 0.0601. The molecule has 2 aromatic carbocycles. The summed E-state index contributed by atoms with van der Waals surface area (Å²) < 4.78 is 12.3. The highest BCUT2D eigenvalue weighted by Gasteiger charge is 2.63. The number of carbonyl (C=O) groups excluding carboxylic acids is 4. The Labute approximate surface area is 437 Å². The normalized spacial score (nSPS) is 24.0. The van der Waals surface area contributed by atoms with Gasteiger partial charge in [0.05, 0.1) is 52.0 Å². The van der Waals surface area contributed by atoms with Crippen LogP contribution in [-0.2, 0) is 19.1 Å². The van der Waals surface area contributed by atoms with Crippen molar-refractivity contribution < 1.29 is 38.9 Å². The molecule has 8 rings (SSSR count). The molecule has 3 amide bonds. The van der Waals surface area contributed by atoms with Crippen molar-refractivity contribution in [3.8, 4) is 22.3 Å². The second-order valence-electron chi connectivity index (χ2n) is 22.5.